The first-order valence-corrected chi connectivity index (χ1v) is 10.9. The van der Waals surface area contributed by atoms with Gasteiger partial charge in [0.15, 0.2) is 11.8 Å². The van der Waals surface area contributed by atoms with Gasteiger partial charge >= 0.3 is 0 Å². The summed E-state index contributed by atoms with van der Waals surface area (Å²) in [6, 6.07) is 0. The van der Waals surface area contributed by atoms with Crippen molar-refractivity contribution in [1.82, 2.24) is 9.80 Å². The lowest BCUT2D eigenvalue weighted by molar-refractivity contribution is -0.168. The molecule has 26 heavy (non-hydrogen) atoms. The molecule has 1 aliphatic heterocycles. The molecule has 1 fully saturated rings. The van der Waals surface area contributed by atoms with Crippen LogP contribution in [0.25, 0.3) is 0 Å². The van der Waals surface area contributed by atoms with E-state index < -0.39 is 16.0 Å². The first kappa shape index (κ1) is 24.0. The van der Waals surface area contributed by atoms with E-state index in [2.05, 4.69) is 0 Å². The zero-order valence-electron chi connectivity index (χ0n) is 14.8. The van der Waals surface area contributed by atoms with Crippen molar-refractivity contribution in [1.29, 1.82) is 0 Å². The number of hydrogen-bond acceptors (Lipinski definition) is 8. The SMILES string of the molecule is [O-]/[P+](O)=C\N1CCOCCOCCN(/C=[P+](\[O-])O)CCOCCOCC1. The molecule has 10 nitrogen and oxygen atoms in total. The Balaban J connectivity index is 2.43. The Labute approximate surface area is 155 Å². The Hall–Kier alpha value is -0.0600. The second kappa shape index (κ2) is 15.9. The van der Waals surface area contributed by atoms with Crippen molar-refractivity contribution in [2.75, 3.05) is 79.0 Å². The molecule has 0 radical (unpaired) electrons. The Morgan fingerprint density at radius 2 is 0.846 bits per heavy atom. The zero-order valence-corrected chi connectivity index (χ0v) is 16.6. The summed E-state index contributed by atoms with van der Waals surface area (Å²) in [4.78, 5) is 43.4. The third-order valence-corrected chi connectivity index (χ3v) is 4.41. The van der Waals surface area contributed by atoms with Crippen LogP contribution in [0.2, 0.25) is 0 Å². The maximum atomic E-state index is 11.0. The highest BCUT2D eigenvalue weighted by molar-refractivity contribution is 7.43. The quantitative estimate of drug-likeness (QED) is 0.469. The minimum atomic E-state index is -2.36. The highest BCUT2D eigenvalue weighted by atomic mass is 31.1. The lowest BCUT2D eigenvalue weighted by atomic mass is 10.5. The van der Waals surface area contributed by atoms with E-state index in [4.69, 9.17) is 28.7 Å². The first-order chi connectivity index (χ1) is 12.6. The van der Waals surface area contributed by atoms with E-state index in [0.29, 0.717) is 79.0 Å². The smallest absolute Gasteiger partial charge is 0.229 e. The van der Waals surface area contributed by atoms with Crippen LogP contribution in [0.5, 0.6) is 0 Å². The molecular weight excluding hydrogens is 386 g/mol. The van der Waals surface area contributed by atoms with E-state index in [1.54, 1.807) is 9.80 Å². The minimum absolute atomic E-state index is 0.399. The normalized spacial score (nSPS) is 23.4. The van der Waals surface area contributed by atoms with Gasteiger partial charge in [0.2, 0.25) is 16.0 Å². The molecule has 12 heteroatoms. The van der Waals surface area contributed by atoms with Crippen molar-refractivity contribution in [3.05, 3.63) is 0 Å². The summed E-state index contributed by atoms with van der Waals surface area (Å²) in [5, 5.41) is 0. The molecule has 1 saturated heterocycles. The average Bonchev–Trinajstić information content (AvgIpc) is 2.57. The van der Waals surface area contributed by atoms with Crippen molar-refractivity contribution in [2.24, 2.45) is 0 Å². The summed E-state index contributed by atoms with van der Waals surface area (Å²) in [5.74, 6) is 2.54. The Morgan fingerprint density at radius 3 is 1.08 bits per heavy atom. The summed E-state index contributed by atoms with van der Waals surface area (Å²) in [7, 11) is -4.72. The monoisotopic (exact) mass is 414 g/mol. The fourth-order valence-electron chi connectivity index (χ4n) is 2.11. The molecule has 2 atom stereocenters. The third kappa shape index (κ3) is 14.1. The predicted molar refractivity (Wildman–Crippen MR) is 96.8 cm³/mol. The van der Waals surface area contributed by atoms with Crippen molar-refractivity contribution < 1.29 is 38.5 Å². The Morgan fingerprint density at radius 1 is 0.577 bits per heavy atom. The standard InChI is InChI=1S/C14H28N2O8P2/c17-25(18)13-15-1-5-21-9-10-23-7-3-16(14-26(19)20)4-8-24-12-11-22-6-2-15/h13-14H,1-12H2,(H,17,18)(H,19,20). The number of nitrogens with zero attached hydrogens (tertiary/aromatic N) is 2. The molecule has 1 rings (SSSR count). The Kier molecular flexibility index (Phi) is 14.7. The van der Waals surface area contributed by atoms with Gasteiger partial charge in [0.05, 0.1) is 52.9 Å². The van der Waals surface area contributed by atoms with Gasteiger partial charge in [-0.1, -0.05) is 0 Å². The van der Waals surface area contributed by atoms with Gasteiger partial charge in [-0.05, 0) is 0 Å². The summed E-state index contributed by atoms with van der Waals surface area (Å²) in [5.41, 5.74) is 0. The largest absolute Gasteiger partial charge is 0.602 e. The summed E-state index contributed by atoms with van der Waals surface area (Å²) >= 11 is 0. The van der Waals surface area contributed by atoms with E-state index in [1.165, 1.54) is 11.8 Å². The maximum absolute atomic E-state index is 11.0. The summed E-state index contributed by atoms with van der Waals surface area (Å²) in [6.45, 7) is 5.12. The van der Waals surface area contributed by atoms with Crippen LogP contribution in [0.15, 0.2) is 0 Å². The van der Waals surface area contributed by atoms with Gasteiger partial charge in [-0.15, -0.1) is 0 Å². The second-order valence-corrected chi connectivity index (χ2v) is 7.03. The van der Waals surface area contributed by atoms with Crippen molar-refractivity contribution in [2.45, 2.75) is 0 Å². The van der Waals surface area contributed by atoms with Gasteiger partial charge in [0, 0.05) is 26.2 Å². The van der Waals surface area contributed by atoms with Crippen LogP contribution in [0.3, 0.4) is 0 Å². The minimum Gasteiger partial charge on any atom is -0.602 e. The fraction of sp³-hybridized carbons (Fsp3) is 0.857. The predicted octanol–water partition coefficient (Wildman–Crippen LogP) is -2.48. The Bertz CT molecular complexity index is 362. The van der Waals surface area contributed by atoms with Crippen molar-refractivity contribution in [3.8, 4) is 0 Å². The molecule has 0 aliphatic carbocycles. The molecule has 0 aromatic carbocycles. The zero-order chi connectivity index (χ0) is 19.0. The number of rotatable bonds is 2. The first-order valence-electron chi connectivity index (χ1n) is 8.37. The van der Waals surface area contributed by atoms with Gasteiger partial charge in [-0.2, -0.15) is 9.79 Å². The van der Waals surface area contributed by atoms with Gasteiger partial charge in [0.25, 0.3) is 0 Å². The molecule has 2 unspecified atom stereocenters. The van der Waals surface area contributed by atoms with Gasteiger partial charge < -0.3 is 28.7 Å². The summed E-state index contributed by atoms with van der Waals surface area (Å²) in [6.07, 6.45) is 0. The molecule has 0 saturated carbocycles. The van der Waals surface area contributed by atoms with E-state index >= 15 is 0 Å². The number of ether oxygens (including phenoxy) is 4. The maximum Gasteiger partial charge on any atom is 0.229 e. The lowest BCUT2D eigenvalue weighted by Gasteiger charge is -2.18. The molecule has 152 valence electrons. The van der Waals surface area contributed by atoms with Crippen LogP contribution >= 0.6 is 16.0 Å². The summed E-state index contributed by atoms with van der Waals surface area (Å²) < 4.78 is 21.8. The molecule has 0 bridgehead atoms. The van der Waals surface area contributed by atoms with Crippen LogP contribution in [-0.2, 0) is 18.9 Å². The highest BCUT2D eigenvalue weighted by Gasteiger charge is 2.08. The molecule has 0 amide bonds. The van der Waals surface area contributed by atoms with E-state index in [-0.39, 0.29) is 0 Å². The van der Waals surface area contributed by atoms with Crippen LogP contribution in [0.4, 0.5) is 0 Å². The van der Waals surface area contributed by atoms with Crippen LogP contribution in [0.1, 0.15) is 0 Å². The lowest BCUT2D eigenvalue weighted by Crippen LogP contribution is -2.32. The molecular formula is C14H28N2O8P2. The fourth-order valence-corrected chi connectivity index (χ4v) is 3.13. The number of hydrogen-bond donors (Lipinski definition) is 2. The van der Waals surface area contributed by atoms with E-state index in [9.17, 15) is 9.79 Å². The van der Waals surface area contributed by atoms with E-state index in [1.807, 2.05) is 0 Å². The molecule has 0 aromatic heterocycles. The molecule has 1 heterocycles. The van der Waals surface area contributed by atoms with Crippen molar-refractivity contribution in [3.63, 3.8) is 0 Å². The van der Waals surface area contributed by atoms with E-state index in [0.717, 1.165) is 0 Å². The van der Waals surface area contributed by atoms with Crippen molar-refractivity contribution >= 4 is 27.8 Å². The van der Waals surface area contributed by atoms with Gasteiger partial charge in [-0.3, -0.25) is 0 Å². The molecule has 0 aromatic rings. The third-order valence-electron chi connectivity index (χ3n) is 3.36. The van der Waals surface area contributed by atoms with Crippen LogP contribution < -0.4 is 9.79 Å². The highest BCUT2D eigenvalue weighted by Crippen LogP contribution is 2.02. The second-order valence-electron chi connectivity index (χ2n) is 5.36. The van der Waals surface area contributed by atoms with Gasteiger partial charge in [-0.25, -0.2) is 9.80 Å². The molecule has 0 spiro atoms. The van der Waals surface area contributed by atoms with Gasteiger partial charge in [0.1, 0.15) is 0 Å². The average molecular weight is 414 g/mol. The molecule has 2 N–H and O–H groups in total. The van der Waals surface area contributed by atoms with Crippen LogP contribution in [0, 0.1) is 0 Å². The molecule has 1 aliphatic rings. The topological polar surface area (TPSA) is 130 Å². The van der Waals surface area contributed by atoms with Crippen LogP contribution in [-0.4, -0.2) is 110 Å².